The van der Waals surface area contributed by atoms with Gasteiger partial charge in [-0.15, -0.1) is 0 Å². The standard InChI is InChI=1S/C43H82NO7P/c1-3-5-7-9-11-13-15-16-17-18-19-20-21-22-23-24-25-27-29-31-33-35-38-48-40-42(41-50-52(46,47)49-39-37-44)51-43(45)36-34-32-30-28-26-14-12-10-8-6-4-2/h15-16,18-19,21-22,42H,3-14,17,20,23-41,44H2,1-2H3,(H,46,47)/b16-15-,19-18-,22-21-. The van der Waals surface area contributed by atoms with Gasteiger partial charge in [0.05, 0.1) is 19.8 Å². The lowest BCUT2D eigenvalue weighted by molar-refractivity contribution is -0.154. The van der Waals surface area contributed by atoms with Crippen LogP contribution in [0.3, 0.4) is 0 Å². The maximum absolute atomic E-state index is 12.5. The monoisotopic (exact) mass is 756 g/mol. The molecule has 0 rings (SSSR count). The van der Waals surface area contributed by atoms with Crippen molar-refractivity contribution in [3.8, 4) is 0 Å². The van der Waals surface area contributed by atoms with Gasteiger partial charge >= 0.3 is 13.8 Å². The van der Waals surface area contributed by atoms with Gasteiger partial charge in [-0.25, -0.2) is 4.57 Å². The number of rotatable bonds is 41. The molecule has 0 fully saturated rings. The Hall–Kier alpha value is -1.28. The number of phosphoric acid groups is 1. The predicted octanol–water partition coefficient (Wildman–Crippen LogP) is 12.6. The van der Waals surface area contributed by atoms with Crippen LogP contribution in [0, 0.1) is 0 Å². The van der Waals surface area contributed by atoms with Crippen LogP contribution in [0.4, 0.5) is 0 Å². The first-order chi connectivity index (χ1) is 25.4. The molecule has 0 radical (unpaired) electrons. The summed E-state index contributed by atoms with van der Waals surface area (Å²) in [5.41, 5.74) is 5.36. The minimum absolute atomic E-state index is 0.0969. The van der Waals surface area contributed by atoms with Crippen LogP contribution in [0.25, 0.3) is 0 Å². The molecule has 2 atom stereocenters. The van der Waals surface area contributed by atoms with Crippen LogP contribution in [0.1, 0.15) is 194 Å². The van der Waals surface area contributed by atoms with E-state index in [2.05, 4.69) is 50.3 Å². The molecule has 9 heteroatoms. The summed E-state index contributed by atoms with van der Waals surface area (Å²) in [7, 11) is -4.27. The molecule has 0 spiro atoms. The number of ether oxygens (including phenoxy) is 2. The Morgan fingerprint density at radius 2 is 1.02 bits per heavy atom. The molecule has 0 amide bonds. The molecule has 8 nitrogen and oxygen atoms in total. The number of allylic oxidation sites excluding steroid dienone is 6. The number of hydrogen-bond donors (Lipinski definition) is 2. The van der Waals surface area contributed by atoms with E-state index in [0.717, 1.165) is 51.4 Å². The molecule has 0 aliphatic rings. The van der Waals surface area contributed by atoms with Crippen molar-refractivity contribution < 1.29 is 32.8 Å². The molecular formula is C43H82NO7P. The van der Waals surface area contributed by atoms with Crippen molar-refractivity contribution in [2.75, 3.05) is 33.0 Å². The van der Waals surface area contributed by atoms with Gasteiger partial charge < -0.3 is 20.1 Å². The lowest BCUT2D eigenvalue weighted by Gasteiger charge is -2.20. The Labute approximate surface area is 320 Å². The van der Waals surface area contributed by atoms with Gasteiger partial charge in [0.2, 0.25) is 0 Å². The quantitative estimate of drug-likeness (QED) is 0.0274. The molecule has 3 N–H and O–H groups in total. The second-order valence-electron chi connectivity index (χ2n) is 14.2. The second-order valence-corrected chi connectivity index (χ2v) is 15.7. The van der Waals surface area contributed by atoms with Crippen LogP contribution in [0.5, 0.6) is 0 Å². The van der Waals surface area contributed by atoms with Crippen molar-refractivity contribution in [3.63, 3.8) is 0 Å². The molecule has 0 aromatic heterocycles. The Bertz CT molecular complexity index is 895. The van der Waals surface area contributed by atoms with Crippen LogP contribution >= 0.6 is 7.82 Å². The number of unbranched alkanes of at least 4 members (excludes halogenated alkanes) is 22. The third kappa shape index (κ3) is 39.9. The summed E-state index contributed by atoms with van der Waals surface area (Å²) in [6.45, 7) is 4.89. The van der Waals surface area contributed by atoms with Crippen LogP contribution in [-0.2, 0) is 27.9 Å². The second kappa shape index (κ2) is 40.9. The fourth-order valence-corrected chi connectivity index (χ4v) is 6.65. The van der Waals surface area contributed by atoms with Gasteiger partial charge in [-0.3, -0.25) is 13.8 Å². The zero-order valence-corrected chi connectivity index (χ0v) is 34.7. The molecule has 0 heterocycles. The van der Waals surface area contributed by atoms with Crippen molar-refractivity contribution in [2.24, 2.45) is 5.73 Å². The highest BCUT2D eigenvalue weighted by Gasteiger charge is 2.25. The molecule has 0 aliphatic heterocycles. The largest absolute Gasteiger partial charge is 0.472 e. The zero-order valence-electron chi connectivity index (χ0n) is 33.8. The number of phosphoric ester groups is 1. The van der Waals surface area contributed by atoms with E-state index < -0.39 is 13.9 Å². The van der Waals surface area contributed by atoms with E-state index in [1.807, 2.05) is 0 Å². The molecule has 0 aliphatic carbocycles. The van der Waals surface area contributed by atoms with Crippen LogP contribution in [-0.4, -0.2) is 49.9 Å². The van der Waals surface area contributed by atoms with Gasteiger partial charge in [-0.2, -0.15) is 0 Å². The normalized spacial score (nSPS) is 13.8. The Morgan fingerprint density at radius 3 is 1.52 bits per heavy atom. The molecule has 0 aromatic rings. The van der Waals surface area contributed by atoms with Gasteiger partial charge in [0.25, 0.3) is 0 Å². The van der Waals surface area contributed by atoms with E-state index in [-0.39, 0.29) is 32.3 Å². The topological polar surface area (TPSA) is 117 Å². The third-order valence-corrected chi connectivity index (χ3v) is 10.0. The fourth-order valence-electron chi connectivity index (χ4n) is 5.89. The van der Waals surface area contributed by atoms with Crippen molar-refractivity contribution in [1.29, 1.82) is 0 Å². The molecular weight excluding hydrogens is 673 g/mol. The van der Waals surface area contributed by atoms with E-state index in [4.69, 9.17) is 24.3 Å². The first-order valence-electron chi connectivity index (χ1n) is 21.5. The summed E-state index contributed by atoms with van der Waals surface area (Å²) in [5, 5.41) is 0. The summed E-state index contributed by atoms with van der Waals surface area (Å²) in [6, 6.07) is 0. The van der Waals surface area contributed by atoms with E-state index >= 15 is 0 Å². The van der Waals surface area contributed by atoms with E-state index in [0.29, 0.717) is 13.0 Å². The summed E-state index contributed by atoms with van der Waals surface area (Å²) >= 11 is 0. The van der Waals surface area contributed by atoms with E-state index in [9.17, 15) is 14.3 Å². The van der Waals surface area contributed by atoms with Crippen molar-refractivity contribution in [2.45, 2.75) is 200 Å². The predicted molar refractivity (Wildman–Crippen MR) is 220 cm³/mol. The molecule has 0 aromatic carbocycles. The smallest absolute Gasteiger partial charge is 0.457 e. The number of carbonyl (C=O) groups excluding carboxylic acids is 1. The third-order valence-electron chi connectivity index (χ3n) is 9.06. The van der Waals surface area contributed by atoms with Crippen molar-refractivity contribution in [1.82, 2.24) is 0 Å². The minimum Gasteiger partial charge on any atom is -0.457 e. The van der Waals surface area contributed by atoms with Crippen molar-refractivity contribution >= 4 is 13.8 Å². The maximum atomic E-state index is 12.5. The Morgan fingerprint density at radius 1 is 0.577 bits per heavy atom. The van der Waals surface area contributed by atoms with Gasteiger partial charge in [0.15, 0.2) is 0 Å². The lowest BCUT2D eigenvalue weighted by atomic mass is 10.1. The first-order valence-corrected chi connectivity index (χ1v) is 23.0. The molecule has 0 bridgehead atoms. The Balaban J connectivity index is 4.00. The lowest BCUT2D eigenvalue weighted by Crippen LogP contribution is -2.28. The maximum Gasteiger partial charge on any atom is 0.472 e. The van der Waals surface area contributed by atoms with E-state index in [1.165, 1.54) is 122 Å². The fraction of sp³-hybridized carbons (Fsp3) is 0.837. The summed E-state index contributed by atoms with van der Waals surface area (Å²) < 4.78 is 33.4. The zero-order chi connectivity index (χ0) is 38.1. The molecule has 2 unspecified atom stereocenters. The number of carbonyl (C=O) groups is 1. The number of esters is 1. The van der Waals surface area contributed by atoms with Crippen LogP contribution in [0.2, 0.25) is 0 Å². The number of nitrogens with two attached hydrogens (primary N) is 1. The summed E-state index contributed by atoms with van der Waals surface area (Å²) in [4.78, 5) is 22.4. The van der Waals surface area contributed by atoms with Crippen molar-refractivity contribution in [3.05, 3.63) is 36.5 Å². The van der Waals surface area contributed by atoms with Crippen LogP contribution < -0.4 is 5.73 Å². The van der Waals surface area contributed by atoms with Crippen LogP contribution in [0.15, 0.2) is 36.5 Å². The van der Waals surface area contributed by atoms with Gasteiger partial charge in [-0.05, 0) is 51.4 Å². The minimum atomic E-state index is -4.27. The first kappa shape index (κ1) is 50.7. The molecule has 52 heavy (non-hydrogen) atoms. The highest BCUT2D eigenvalue weighted by molar-refractivity contribution is 7.47. The van der Waals surface area contributed by atoms with E-state index in [1.54, 1.807) is 0 Å². The summed E-state index contributed by atoms with van der Waals surface area (Å²) in [5.74, 6) is -0.335. The molecule has 0 saturated carbocycles. The number of hydrogen-bond acceptors (Lipinski definition) is 7. The average Bonchev–Trinajstić information content (AvgIpc) is 3.13. The van der Waals surface area contributed by atoms with Gasteiger partial charge in [-0.1, -0.05) is 172 Å². The SMILES string of the molecule is CCCCCCC/C=C\C/C=C\C/C=C\CCCCCCCCCOCC(COP(=O)(O)OCCN)OC(=O)CCCCCCCCCCCCC. The highest BCUT2D eigenvalue weighted by atomic mass is 31.2. The molecule has 306 valence electrons. The van der Waals surface area contributed by atoms with Gasteiger partial charge in [0.1, 0.15) is 6.10 Å². The summed E-state index contributed by atoms with van der Waals surface area (Å²) in [6.07, 6.45) is 45.9. The molecule has 0 saturated heterocycles. The van der Waals surface area contributed by atoms with Gasteiger partial charge in [0, 0.05) is 19.6 Å². The highest BCUT2D eigenvalue weighted by Crippen LogP contribution is 2.43. The Kier molecular flexibility index (Phi) is 39.9. The average molecular weight is 756 g/mol.